The number of hydrogen-bond donors (Lipinski definition) is 1. The minimum absolute atomic E-state index is 0.192. The molecule has 0 aliphatic carbocycles. The molecule has 0 heterocycles. The van der Waals surface area contributed by atoms with E-state index in [0.717, 1.165) is 11.6 Å². The summed E-state index contributed by atoms with van der Waals surface area (Å²) in [5.74, 6) is -0.464. The molecule has 0 saturated heterocycles. The number of ether oxygens (including phenoxy) is 14. The molecule has 0 fully saturated rings. The topological polar surface area (TPSA) is 175 Å². The number of rotatable bonds is 42. The molecule has 0 bridgehead atoms. The number of carbonyl (C=O) groups is 2. The fourth-order valence-electron chi connectivity index (χ4n) is 3.78. The van der Waals surface area contributed by atoms with Crippen molar-refractivity contribution in [3.8, 4) is 0 Å². The predicted molar refractivity (Wildman–Crippen MR) is 196 cm³/mol. The highest BCUT2D eigenvalue weighted by Gasteiger charge is 2.02. The van der Waals surface area contributed by atoms with Crippen molar-refractivity contribution in [1.82, 2.24) is 5.32 Å². The van der Waals surface area contributed by atoms with E-state index >= 15 is 0 Å². The van der Waals surface area contributed by atoms with Crippen LogP contribution in [0.1, 0.15) is 5.56 Å². The Kier molecular flexibility index (Phi) is 37.7. The fraction of sp³-hybridized carbons (Fsp3) is 0.730. The molecule has 1 amide bonds. The standard InChI is InChI=1S/C37H63NO16/c1-2-36(39)53-33-32-52-31-30-51-29-28-50-27-26-49-25-24-48-23-22-47-21-20-46-19-18-45-17-16-44-15-14-43-13-12-42-11-10-41-9-8-38-37(40)54-34-35-6-4-3-5-7-35/h2-7H,1,8-34H2,(H,38,40). The van der Waals surface area contributed by atoms with Gasteiger partial charge in [-0.25, -0.2) is 9.59 Å². The molecule has 0 spiro atoms. The second kappa shape index (κ2) is 41.4. The highest BCUT2D eigenvalue weighted by atomic mass is 16.6. The van der Waals surface area contributed by atoms with E-state index < -0.39 is 12.1 Å². The van der Waals surface area contributed by atoms with Crippen molar-refractivity contribution in [3.05, 3.63) is 48.6 Å². The first-order valence-corrected chi connectivity index (χ1v) is 18.4. The number of hydrogen-bond acceptors (Lipinski definition) is 16. The van der Waals surface area contributed by atoms with E-state index in [4.69, 9.17) is 66.3 Å². The number of esters is 1. The fourth-order valence-corrected chi connectivity index (χ4v) is 3.78. The Hall–Kier alpha value is -2.78. The number of carbonyl (C=O) groups excluding carboxylic acids is 2. The van der Waals surface area contributed by atoms with Crippen LogP contribution in [0.2, 0.25) is 0 Å². The molecule has 54 heavy (non-hydrogen) atoms. The monoisotopic (exact) mass is 777 g/mol. The maximum absolute atomic E-state index is 11.7. The summed E-state index contributed by atoms with van der Waals surface area (Å²) < 4.78 is 75.2. The molecule has 1 aromatic rings. The molecular weight excluding hydrogens is 714 g/mol. The van der Waals surface area contributed by atoms with Crippen molar-refractivity contribution in [2.75, 3.05) is 172 Å². The molecule has 0 atom stereocenters. The van der Waals surface area contributed by atoms with Crippen LogP contribution >= 0.6 is 0 Å². The van der Waals surface area contributed by atoms with Gasteiger partial charge in [-0.05, 0) is 5.56 Å². The first-order valence-electron chi connectivity index (χ1n) is 18.4. The van der Waals surface area contributed by atoms with Crippen molar-refractivity contribution < 1.29 is 75.9 Å². The smallest absolute Gasteiger partial charge is 0.407 e. The zero-order valence-corrected chi connectivity index (χ0v) is 31.8. The summed E-state index contributed by atoms with van der Waals surface area (Å²) in [5, 5.41) is 2.64. The van der Waals surface area contributed by atoms with Crippen LogP contribution in [0.25, 0.3) is 0 Å². The minimum Gasteiger partial charge on any atom is -0.460 e. The van der Waals surface area contributed by atoms with Crippen molar-refractivity contribution in [1.29, 1.82) is 0 Å². The zero-order valence-electron chi connectivity index (χ0n) is 31.8. The molecule has 0 saturated carbocycles. The Morgan fingerprint density at radius 3 is 1.04 bits per heavy atom. The van der Waals surface area contributed by atoms with E-state index in [1.165, 1.54) is 0 Å². The Morgan fingerprint density at radius 1 is 0.426 bits per heavy atom. The van der Waals surface area contributed by atoms with Crippen LogP contribution in [-0.2, 0) is 77.7 Å². The third kappa shape index (κ3) is 37.5. The Bertz CT molecular complexity index is 961. The largest absolute Gasteiger partial charge is 0.460 e. The van der Waals surface area contributed by atoms with Gasteiger partial charge in [-0.15, -0.1) is 0 Å². The average molecular weight is 778 g/mol. The maximum Gasteiger partial charge on any atom is 0.407 e. The lowest BCUT2D eigenvalue weighted by atomic mass is 10.2. The third-order valence-corrected chi connectivity index (χ3v) is 6.46. The third-order valence-electron chi connectivity index (χ3n) is 6.46. The van der Waals surface area contributed by atoms with E-state index in [-0.39, 0.29) is 13.2 Å². The quantitative estimate of drug-likeness (QED) is 0.0578. The molecule has 0 aliphatic rings. The molecule has 0 aliphatic heterocycles. The lowest BCUT2D eigenvalue weighted by molar-refractivity contribution is -0.139. The van der Waals surface area contributed by atoms with Gasteiger partial charge in [0.15, 0.2) is 0 Å². The Labute approximate surface area is 320 Å². The van der Waals surface area contributed by atoms with Gasteiger partial charge in [-0.1, -0.05) is 36.9 Å². The van der Waals surface area contributed by atoms with Crippen LogP contribution in [-0.4, -0.2) is 184 Å². The van der Waals surface area contributed by atoms with E-state index in [9.17, 15) is 9.59 Å². The maximum atomic E-state index is 11.7. The summed E-state index contributed by atoms with van der Waals surface area (Å²) in [6.45, 7) is 15.1. The highest BCUT2D eigenvalue weighted by molar-refractivity contribution is 5.81. The second-order valence-corrected chi connectivity index (χ2v) is 10.7. The SMILES string of the molecule is C=CC(=O)OCCOCCOCCOCCOCCOCCOCCOCCOCCOCCOCCOCCOCCNC(=O)OCc1ccccc1. The van der Waals surface area contributed by atoms with Gasteiger partial charge in [0, 0.05) is 12.6 Å². The molecule has 17 nitrogen and oxygen atoms in total. The Balaban J connectivity index is 1.63. The molecule has 1 N–H and O–H groups in total. The lowest BCUT2D eigenvalue weighted by Gasteiger charge is -2.09. The molecule has 0 radical (unpaired) electrons. The van der Waals surface area contributed by atoms with Crippen molar-refractivity contribution in [2.45, 2.75) is 6.61 Å². The molecular formula is C37H63NO16. The highest BCUT2D eigenvalue weighted by Crippen LogP contribution is 2.00. The van der Waals surface area contributed by atoms with Crippen LogP contribution < -0.4 is 5.32 Å². The van der Waals surface area contributed by atoms with Crippen LogP contribution in [0.5, 0.6) is 0 Å². The van der Waals surface area contributed by atoms with Crippen LogP contribution in [0, 0.1) is 0 Å². The number of nitrogens with one attached hydrogen (secondary N) is 1. The normalized spacial score (nSPS) is 11.1. The predicted octanol–water partition coefficient (Wildman–Crippen LogP) is 1.84. The van der Waals surface area contributed by atoms with Gasteiger partial charge in [-0.2, -0.15) is 0 Å². The van der Waals surface area contributed by atoms with Crippen molar-refractivity contribution in [2.24, 2.45) is 0 Å². The van der Waals surface area contributed by atoms with Gasteiger partial charge >= 0.3 is 12.1 Å². The molecule has 0 unspecified atom stereocenters. The first kappa shape index (κ1) is 49.2. The number of alkyl carbamates (subject to hydrolysis) is 1. The summed E-state index contributed by atoms with van der Waals surface area (Å²) >= 11 is 0. The van der Waals surface area contributed by atoms with Gasteiger partial charge in [0.05, 0.1) is 159 Å². The van der Waals surface area contributed by atoms with E-state index in [1.807, 2.05) is 30.3 Å². The first-order chi connectivity index (χ1) is 26.7. The molecule has 1 rings (SSSR count). The molecule has 17 heteroatoms. The molecule has 312 valence electrons. The van der Waals surface area contributed by atoms with Gasteiger partial charge < -0.3 is 71.6 Å². The van der Waals surface area contributed by atoms with Crippen molar-refractivity contribution in [3.63, 3.8) is 0 Å². The summed E-state index contributed by atoms with van der Waals surface area (Å²) in [6, 6.07) is 9.49. The van der Waals surface area contributed by atoms with Crippen molar-refractivity contribution >= 4 is 12.1 Å². The second-order valence-electron chi connectivity index (χ2n) is 10.7. The number of amides is 1. The van der Waals surface area contributed by atoms with E-state index in [0.29, 0.717) is 165 Å². The summed E-state index contributed by atoms with van der Waals surface area (Å²) in [7, 11) is 0. The summed E-state index contributed by atoms with van der Waals surface area (Å²) in [6.07, 6.45) is 0.637. The van der Waals surface area contributed by atoms with E-state index in [1.54, 1.807) is 0 Å². The average Bonchev–Trinajstić information content (AvgIpc) is 3.19. The summed E-state index contributed by atoms with van der Waals surface area (Å²) in [5.41, 5.74) is 0.933. The molecule has 1 aromatic carbocycles. The Morgan fingerprint density at radius 2 is 0.722 bits per heavy atom. The van der Waals surface area contributed by atoms with E-state index in [2.05, 4.69) is 11.9 Å². The number of benzene rings is 1. The lowest BCUT2D eigenvalue weighted by Crippen LogP contribution is -2.28. The van der Waals surface area contributed by atoms with Crippen LogP contribution in [0.3, 0.4) is 0 Å². The van der Waals surface area contributed by atoms with Gasteiger partial charge in [-0.3, -0.25) is 0 Å². The molecule has 0 aromatic heterocycles. The van der Waals surface area contributed by atoms with Gasteiger partial charge in [0.25, 0.3) is 0 Å². The van der Waals surface area contributed by atoms with Crippen LogP contribution in [0.15, 0.2) is 43.0 Å². The minimum atomic E-state index is -0.474. The van der Waals surface area contributed by atoms with Gasteiger partial charge in [0.1, 0.15) is 13.2 Å². The zero-order chi connectivity index (χ0) is 38.7. The summed E-state index contributed by atoms with van der Waals surface area (Å²) in [4.78, 5) is 22.5. The van der Waals surface area contributed by atoms with Crippen LogP contribution in [0.4, 0.5) is 4.79 Å². The van der Waals surface area contributed by atoms with Gasteiger partial charge in [0.2, 0.25) is 0 Å².